The Bertz CT molecular complexity index is 1490. The summed E-state index contributed by atoms with van der Waals surface area (Å²) in [6.07, 6.45) is 8.21. The number of nitrogens with two attached hydrogens (primary N) is 2. The summed E-state index contributed by atoms with van der Waals surface area (Å²) in [5, 5.41) is 1.94. The Morgan fingerprint density at radius 1 is 0.943 bits per heavy atom. The average molecular weight is 465 g/mol. The third kappa shape index (κ3) is 4.08. The standard InChI is InChI=1S/C28H28N6O/c29-15-18-6-11-21(12-7-18)34-16-23(26-27(30)31-17-32-28(26)34)20-9-8-19-10-13-25(33-24(19)14-20)35-22-4-2-1-3-5-22/h1-5,8-10,13-14,16-18,21H,6-7,11-12,15,29H2,(H2,30,31,32). The predicted octanol–water partition coefficient (Wildman–Crippen LogP) is 5.71. The minimum atomic E-state index is 0.382. The molecule has 0 bridgehead atoms. The zero-order valence-electron chi connectivity index (χ0n) is 19.5. The number of benzene rings is 2. The van der Waals surface area contributed by atoms with Crippen LogP contribution in [0.3, 0.4) is 0 Å². The van der Waals surface area contributed by atoms with Crippen LogP contribution in [0, 0.1) is 5.92 Å². The Morgan fingerprint density at radius 2 is 1.74 bits per heavy atom. The van der Waals surface area contributed by atoms with Crippen LogP contribution < -0.4 is 16.2 Å². The van der Waals surface area contributed by atoms with Crippen LogP contribution in [-0.4, -0.2) is 26.1 Å². The number of hydrogen-bond donors (Lipinski definition) is 2. The van der Waals surface area contributed by atoms with Crippen molar-refractivity contribution in [2.75, 3.05) is 12.3 Å². The van der Waals surface area contributed by atoms with Crippen molar-refractivity contribution in [3.05, 3.63) is 73.2 Å². The fourth-order valence-electron chi connectivity index (χ4n) is 5.20. The Balaban J connectivity index is 1.41. The number of nitrogen functional groups attached to an aromatic ring is 1. The second kappa shape index (κ2) is 9.00. The lowest BCUT2D eigenvalue weighted by atomic mass is 9.86. The second-order valence-electron chi connectivity index (χ2n) is 9.29. The zero-order valence-corrected chi connectivity index (χ0v) is 19.5. The molecule has 2 aromatic carbocycles. The third-order valence-electron chi connectivity index (χ3n) is 7.12. The van der Waals surface area contributed by atoms with Gasteiger partial charge in [-0.15, -0.1) is 0 Å². The Hall–Kier alpha value is -3.97. The lowest BCUT2D eigenvalue weighted by Gasteiger charge is -2.29. The maximum Gasteiger partial charge on any atom is 0.219 e. The topological polar surface area (TPSA) is 105 Å². The van der Waals surface area contributed by atoms with E-state index < -0.39 is 0 Å². The van der Waals surface area contributed by atoms with Gasteiger partial charge in [-0.3, -0.25) is 0 Å². The van der Waals surface area contributed by atoms with Gasteiger partial charge in [-0.2, -0.15) is 0 Å². The Kier molecular flexibility index (Phi) is 5.54. The van der Waals surface area contributed by atoms with Crippen LogP contribution in [-0.2, 0) is 0 Å². The molecule has 4 N–H and O–H groups in total. The molecule has 0 unspecified atom stereocenters. The molecule has 35 heavy (non-hydrogen) atoms. The number of aromatic nitrogens is 4. The van der Waals surface area contributed by atoms with Gasteiger partial charge >= 0.3 is 0 Å². The van der Waals surface area contributed by atoms with Gasteiger partial charge in [-0.05, 0) is 68.0 Å². The normalized spacial score (nSPS) is 18.2. The molecule has 0 amide bonds. The van der Waals surface area contributed by atoms with Crippen LogP contribution in [0.1, 0.15) is 31.7 Å². The molecule has 1 aliphatic rings. The van der Waals surface area contributed by atoms with Gasteiger partial charge in [0.25, 0.3) is 0 Å². The number of hydrogen-bond acceptors (Lipinski definition) is 6. The molecule has 0 spiro atoms. The smallest absolute Gasteiger partial charge is 0.219 e. The van der Waals surface area contributed by atoms with Crippen molar-refractivity contribution in [2.45, 2.75) is 31.7 Å². The van der Waals surface area contributed by atoms with E-state index >= 15 is 0 Å². The molecule has 1 saturated carbocycles. The number of fused-ring (bicyclic) bond motifs is 2. The zero-order chi connectivity index (χ0) is 23.8. The van der Waals surface area contributed by atoms with Gasteiger partial charge in [0.1, 0.15) is 23.5 Å². The molecule has 3 heterocycles. The number of ether oxygens (including phenoxy) is 1. The van der Waals surface area contributed by atoms with E-state index in [1.807, 2.05) is 42.5 Å². The van der Waals surface area contributed by atoms with Crippen LogP contribution in [0.25, 0.3) is 33.1 Å². The summed E-state index contributed by atoms with van der Waals surface area (Å²) in [6.45, 7) is 0.763. The maximum atomic E-state index is 6.39. The molecule has 6 rings (SSSR count). The summed E-state index contributed by atoms with van der Waals surface area (Å²) in [7, 11) is 0. The first-order valence-corrected chi connectivity index (χ1v) is 12.1. The molecule has 3 aromatic heterocycles. The number of para-hydroxylation sites is 1. The molecular weight excluding hydrogens is 436 g/mol. The van der Waals surface area contributed by atoms with E-state index in [2.05, 4.69) is 38.9 Å². The van der Waals surface area contributed by atoms with E-state index in [0.29, 0.717) is 23.7 Å². The van der Waals surface area contributed by atoms with Crippen LogP contribution in [0.2, 0.25) is 0 Å². The molecule has 0 aliphatic heterocycles. The largest absolute Gasteiger partial charge is 0.439 e. The second-order valence-corrected chi connectivity index (χ2v) is 9.29. The van der Waals surface area contributed by atoms with E-state index in [9.17, 15) is 0 Å². The number of anilines is 1. The van der Waals surface area contributed by atoms with Crippen LogP contribution in [0.15, 0.2) is 73.2 Å². The highest BCUT2D eigenvalue weighted by atomic mass is 16.5. The van der Waals surface area contributed by atoms with Crippen molar-refractivity contribution in [3.8, 4) is 22.8 Å². The van der Waals surface area contributed by atoms with Crippen molar-refractivity contribution >= 4 is 27.8 Å². The minimum absolute atomic E-state index is 0.382. The van der Waals surface area contributed by atoms with Gasteiger partial charge in [0.15, 0.2) is 0 Å². The van der Waals surface area contributed by atoms with Crippen molar-refractivity contribution in [1.82, 2.24) is 19.5 Å². The van der Waals surface area contributed by atoms with Crippen molar-refractivity contribution in [3.63, 3.8) is 0 Å². The first-order valence-electron chi connectivity index (χ1n) is 12.1. The molecule has 5 aromatic rings. The summed E-state index contributed by atoms with van der Waals surface area (Å²) < 4.78 is 8.25. The minimum Gasteiger partial charge on any atom is -0.439 e. The maximum absolute atomic E-state index is 6.39. The van der Waals surface area contributed by atoms with E-state index in [1.54, 1.807) is 6.33 Å². The molecule has 1 fully saturated rings. The molecule has 0 atom stereocenters. The van der Waals surface area contributed by atoms with Gasteiger partial charge < -0.3 is 20.8 Å². The summed E-state index contributed by atoms with van der Waals surface area (Å²) in [5.41, 5.74) is 16.1. The summed E-state index contributed by atoms with van der Waals surface area (Å²) >= 11 is 0. The van der Waals surface area contributed by atoms with Crippen LogP contribution in [0.4, 0.5) is 5.82 Å². The highest BCUT2D eigenvalue weighted by Gasteiger charge is 2.25. The third-order valence-corrected chi connectivity index (χ3v) is 7.12. The monoisotopic (exact) mass is 464 g/mol. The summed E-state index contributed by atoms with van der Waals surface area (Å²) in [5.74, 6) is 2.43. The summed E-state index contributed by atoms with van der Waals surface area (Å²) in [6, 6.07) is 20.3. The quantitative estimate of drug-likeness (QED) is 0.345. The fraction of sp³-hybridized carbons (Fsp3) is 0.250. The molecule has 7 heteroatoms. The van der Waals surface area contributed by atoms with Gasteiger partial charge in [0, 0.05) is 29.3 Å². The van der Waals surface area contributed by atoms with Gasteiger partial charge in [0.05, 0.1) is 10.9 Å². The first kappa shape index (κ1) is 21.6. The Morgan fingerprint density at radius 3 is 2.54 bits per heavy atom. The number of nitrogens with zero attached hydrogens (tertiary/aromatic N) is 4. The van der Waals surface area contributed by atoms with E-state index in [0.717, 1.165) is 71.0 Å². The first-order chi connectivity index (χ1) is 17.2. The van der Waals surface area contributed by atoms with Crippen molar-refractivity contribution in [2.24, 2.45) is 11.7 Å². The summed E-state index contributed by atoms with van der Waals surface area (Å²) in [4.78, 5) is 13.7. The molecule has 176 valence electrons. The highest BCUT2D eigenvalue weighted by Crippen LogP contribution is 2.39. The molecular formula is C28H28N6O. The van der Waals surface area contributed by atoms with Crippen LogP contribution >= 0.6 is 0 Å². The van der Waals surface area contributed by atoms with Gasteiger partial charge in [0.2, 0.25) is 5.88 Å². The number of pyridine rings is 1. The molecule has 7 nitrogen and oxygen atoms in total. The molecule has 1 aliphatic carbocycles. The van der Waals surface area contributed by atoms with E-state index in [-0.39, 0.29) is 0 Å². The van der Waals surface area contributed by atoms with Crippen molar-refractivity contribution in [1.29, 1.82) is 0 Å². The lowest BCUT2D eigenvalue weighted by Crippen LogP contribution is -2.23. The van der Waals surface area contributed by atoms with Crippen LogP contribution in [0.5, 0.6) is 11.6 Å². The lowest BCUT2D eigenvalue weighted by molar-refractivity contribution is 0.283. The number of rotatable bonds is 5. The van der Waals surface area contributed by atoms with Crippen molar-refractivity contribution < 1.29 is 4.74 Å². The Labute approximate surface area is 203 Å². The predicted molar refractivity (Wildman–Crippen MR) is 139 cm³/mol. The SMILES string of the molecule is NCC1CCC(n2cc(-c3ccc4ccc(Oc5ccccc5)nc4c3)c3c(N)ncnc32)CC1. The van der Waals surface area contributed by atoms with E-state index in [4.69, 9.17) is 21.2 Å². The highest BCUT2D eigenvalue weighted by molar-refractivity contribution is 6.02. The average Bonchev–Trinajstić information content (AvgIpc) is 3.30. The molecule has 0 radical (unpaired) electrons. The van der Waals surface area contributed by atoms with Gasteiger partial charge in [-0.1, -0.05) is 30.3 Å². The van der Waals surface area contributed by atoms with Gasteiger partial charge in [-0.25, -0.2) is 15.0 Å². The van der Waals surface area contributed by atoms with E-state index in [1.165, 1.54) is 0 Å². The fourth-order valence-corrected chi connectivity index (χ4v) is 5.20. The molecule has 0 saturated heterocycles.